The first-order chi connectivity index (χ1) is 12.9. The molecule has 0 aliphatic carbocycles. The Balaban J connectivity index is 1.93. The van der Waals surface area contributed by atoms with Gasteiger partial charge in [-0.05, 0) is 15.4 Å². The summed E-state index contributed by atoms with van der Waals surface area (Å²) in [7, 11) is 0.751. The Morgan fingerprint density at radius 1 is 0.889 bits per heavy atom. The smallest absolute Gasteiger partial charge is 0.261 e. The average Bonchev–Trinajstić information content (AvgIpc) is 3.43. The van der Waals surface area contributed by atoms with Crippen LogP contribution in [0.25, 0.3) is 0 Å². The van der Waals surface area contributed by atoms with Gasteiger partial charge in [-0.2, -0.15) is 0 Å². The molecule has 1 saturated heterocycles. The van der Waals surface area contributed by atoms with E-state index in [2.05, 4.69) is 81.4 Å². The molecule has 4 nitrogen and oxygen atoms in total. The van der Waals surface area contributed by atoms with Gasteiger partial charge >= 0.3 is 0 Å². The van der Waals surface area contributed by atoms with E-state index in [0.29, 0.717) is 6.61 Å². The third-order valence-electron chi connectivity index (χ3n) is 5.24. The fraction of sp³-hybridized carbons (Fsp3) is 0.455. The molecule has 2 aromatic rings. The molecule has 2 atom stereocenters. The highest BCUT2D eigenvalue weighted by atomic mass is 28.4. The third-order valence-corrected chi connectivity index (χ3v) is 10.2. The van der Waals surface area contributed by atoms with Gasteiger partial charge in [-0.25, -0.2) is 0 Å². The molecule has 0 unspecified atom stereocenters. The molecule has 0 bridgehead atoms. The zero-order chi connectivity index (χ0) is 19.5. The zero-order valence-corrected chi connectivity index (χ0v) is 17.8. The highest BCUT2D eigenvalue weighted by Crippen LogP contribution is 2.38. The summed E-state index contributed by atoms with van der Waals surface area (Å²) in [5.41, 5.74) is 0. The molecule has 0 amide bonds. The molecular weight excluding hydrogens is 356 g/mol. The van der Waals surface area contributed by atoms with Crippen LogP contribution in [0.4, 0.5) is 0 Å². The molecule has 1 heterocycles. The number of hydrogen-bond donors (Lipinski definition) is 0. The number of methoxy groups -OCH3 is 2. The first kappa shape index (κ1) is 20.2. The molecule has 0 spiro atoms. The number of ether oxygens (including phenoxy) is 3. The minimum atomic E-state index is -2.52. The Morgan fingerprint density at radius 3 is 1.78 bits per heavy atom. The fourth-order valence-corrected chi connectivity index (χ4v) is 8.43. The maximum Gasteiger partial charge on any atom is 0.261 e. The van der Waals surface area contributed by atoms with Crippen LogP contribution in [-0.2, 0) is 18.6 Å². The Kier molecular flexibility index (Phi) is 6.18. The van der Waals surface area contributed by atoms with Gasteiger partial charge in [0.05, 0.1) is 6.61 Å². The van der Waals surface area contributed by atoms with Crippen molar-refractivity contribution in [3.63, 3.8) is 0 Å². The van der Waals surface area contributed by atoms with Crippen molar-refractivity contribution in [1.82, 2.24) is 0 Å². The van der Waals surface area contributed by atoms with Crippen LogP contribution < -0.4 is 10.4 Å². The van der Waals surface area contributed by atoms with Crippen molar-refractivity contribution in [3.05, 3.63) is 60.7 Å². The number of rotatable bonds is 8. The first-order valence-electron chi connectivity index (χ1n) is 9.40. The van der Waals surface area contributed by atoms with Gasteiger partial charge < -0.3 is 18.6 Å². The van der Waals surface area contributed by atoms with Crippen molar-refractivity contribution < 1.29 is 18.6 Å². The van der Waals surface area contributed by atoms with Crippen LogP contribution in [0.15, 0.2) is 60.7 Å². The lowest BCUT2D eigenvalue weighted by molar-refractivity contribution is -0.115. The highest BCUT2D eigenvalue weighted by Gasteiger charge is 2.53. The molecule has 5 heteroatoms. The molecule has 1 aliphatic heterocycles. The van der Waals surface area contributed by atoms with Gasteiger partial charge in [-0.1, -0.05) is 81.4 Å². The van der Waals surface area contributed by atoms with Gasteiger partial charge in [0.15, 0.2) is 6.29 Å². The van der Waals surface area contributed by atoms with Gasteiger partial charge in [0.1, 0.15) is 12.2 Å². The summed E-state index contributed by atoms with van der Waals surface area (Å²) in [5, 5.41) is 2.51. The lowest BCUT2D eigenvalue weighted by Gasteiger charge is -2.43. The molecule has 0 N–H and O–H groups in total. The molecule has 3 rings (SSSR count). The molecular formula is C22H30O4Si. The van der Waals surface area contributed by atoms with E-state index in [0.717, 1.165) is 0 Å². The van der Waals surface area contributed by atoms with Crippen molar-refractivity contribution in [3.8, 4) is 0 Å². The van der Waals surface area contributed by atoms with Crippen LogP contribution in [0.2, 0.25) is 5.04 Å². The van der Waals surface area contributed by atoms with E-state index in [4.69, 9.17) is 18.6 Å². The van der Waals surface area contributed by atoms with Gasteiger partial charge in [-0.15, -0.1) is 0 Å². The third kappa shape index (κ3) is 4.03. The largest absolute Gasteiger partial charge is 0.405 e. The Morgan fingerprint density at radius 2 is 1.37 bits per heavy atom. The minimum absolute atomic E-state index is 0.00319. The number of benzene rings is 2. The van der Waals surface area contributed by atoms with E-state index in [-0.39, 0.29) is 23.5 Å². The highest BCUT2D eigenvalue weighted by molar-refractivity contribution is 6.99. The van der Waals surface area contributed by atoms with Crippen LogP contribution in [0, 0.1) is 0 Å². The summed E-state index contributed by atoms with van der Waals surface area (Å²) in [5.74, 6) is 0. The topological polar surface area (TPSA) is 40.2 Å². The van der Waals surface area contributed by atoms with E-state index in [9.17, 15) is 0 Å². The second-order valence-corrected chi connectivity index (χ2v) is 12.3. The summed E-state index contributed by atoms with van der Waals surface area (Å²) < 4.78 is 23.3. The maximum absolute atomic E-state index is 6.86. The SMILES string of the molecule is COC(OC)[C@H]1O[C@H]1CO[Si](c1ccccc1)(c1ccccc1)C(C)(C)C. The van der Waals surface area contributed by atoms with Gasteiger partial charge in [0.25, 0.3) is 8.32 Å². The molecule has 146 valence electrons. The molecule has 0 radical (unpaired) electrons. The van der Waals surface area contributed by atoms with Crippen LogP contribution in [0.3, 0.4) is 0 Å². The molecule has 1 fully saturated rings. The van der Waals surface area contributed by atoms with Crippen LogP contribution >= 0.6 is 0 Å². The number of epoxide rings is 1. The summed E-state index contributed by atoms with van der Waals surface area (Å²) in [4.78, 5) is 0. The Bertz CT molecular complexity index is 671. The van der Waals surface area contributed by atoms with Gasteiger partial charge in [-0.3, -0.25) is 0 Å². The predicted molar refractivity (Wildman–Crippen MR) is 110 cm³/mol. The van der Waals surface area contributed by atoms with Crippen molar-refractivity contribution in [2.45, 2.75) is 44.3 Å². The minimum Gasteiger partial charge on any atom is -0.405 e. The lowest BCUT2D eigenvalue weighted by atomic mass is 10.2. The van der Waals surface area contributed by atoms with Crippen molar-refractivity contribution >= 4 is 18.7 Å². The van der Waals surface area contributed by atoms with E-state index < -0.39 is 8.32 Å². The quantitative estimate of drug-likeness (QED) is 0.397. The van der Waals surface area contributed by atoms with Crippen LogP contribution in [0.1, 0.15) is 20.8 Å². The maximum atomic E-state index is 6.86. The van der Waals surface area contributed by atoms with E-state index in [1.165, 1.54) is 10.4 Å². The second-order valence-electron chi connectivity index (χ2n) is 7.95. The van der Waals surface area contributed by atoms with E-state index >= 15 is 0 Å². The predicted octanol–water partition coefficient (Wildman–Crippen LogP) is 2.95. The lowest BCUT2D eigenvalue weighted by Crippen LogP contribution is -2.66. The molecule has 2 aromatic carbocycles. The fourth-order valence-electron chi connectivity index (χ4n) is 3.86. The zero-order valence-electron chi connectivity index (χ0n) is 16.8. The standard InChI is InChI=1S/C22H30O4Si/c1-22(2,3)27(17-12-8-6-9-13-17,18-14-10-7-11-15-18)25-16-19-20(26-19)21(23-4)24-5/h6-15,19-21H,16H2,1-5H3/t19-,20-/m0/s1. The molecule has 27 heavy (non-hydrogen) atoms. The molecule has 0 saturated carbocycles. The molecule has 0 aromatic heterocycles. The summed E-state index contributed by atoms with van der Waals surface area (Å²) in [6, 6.07) is 21.3. The average molecular weight is 387 g/mol. The normalized spacial score (nSPS) is 20.1. The van der Waals surface area contributed by atoms with E-state index in [1.807, 2.05) is 0 Å². The Hall–Kier alpha value is -1.50. The van der Waals surface area contributed by atoms with Gasteiger partial charge in [0, 0.05) is 14.2 Å². The summed E-state index contributed by atoms with van der Waals surface area (Å²) >= 11 is 0. The van der Waals surface area contributed by atoms with E-state index in [1.54, 1.807) is 14.2 Å². The second kappa shape index (κ2) is 8.25. The van der Waals surface area contributed by atoms with Crippen LogP contribution in [-0.4, -0.2) is 47.6 Å². The monoisotopic (exact) mass is 386 g/mol. The molecule has 1 aliphatic rings. The Labute approximate surface area is 163 Å². The van der Waals surface area contributed by atoms with Crippen molar-refractivity contribution in [2.75, 3.05) is 20.8 Å². The number of hydrogen-bond acceptors (Lipinski definition) is 4. The summed E-state index contributed by atoms with van der Waals surface area (Å²) in [6.45, 7) is 7.36. The first-order valence-corrected chi connectivity index (χ1v) is 11.3. The summed E-state index contributed by atoms with van der Waals surface area (Å²) in [6.07, 6.45) is -0.424. The van der Waals surface area contributed by atoms with Gasteiger partial charge in [0.2, 0.25) is 0 Å². The van der Waals surface area contributed by atoms with Crippen LogP contribution in [0.5, 0.6) is 0 Å². The van der Waals surface area contributed by atoms with Crippen molar-refractivity contribution in [1.29, 1.82) is 0 Å². The van der Waals surface area contributed by atoms with Crippen molar-refractivity contribution in [2.24, 2.45) is 0 Å².